The molecule has 0 saturated heterocycles. The van der Waals surface area contributed by atoms with Gasteiger partial charge in [-0.15, -0.1) is 10.2 Å². The van der Waals surface area contributed by atoms with Crippen LogP contribution in [0.25, 0.3) is 12.2 Å². The van der Waals surface area contributed by atoms with Crippen molar-refractivity contribution < 1.29 is 9.15 Å². The Morgan fingerprint density at radius 2 is 1.88 bits per heavy atom. The average molecular weight is 216 g/mol. The van der Waals surface area contributed by atoms with E-state index in [0.29, 0.717) is 11.8 Å². The minimum Gasteiger partial charge on any atom is -0.497 e. The summed E-state index contributed by atoms with van der Waals surface area (Å²) >= 11 is 0. The second kappa shape index (κ2) is 4.61. The minimum atomic E-state index is 0.508. The molecule has 0 radical (unpaired) electrons. The number of nitrogens with zero attached hydrogens (tertiary/aromatic N) is 2. The van der Waals surface area contributed by atoms with Gasteiger partial charge in [0, 0.05) is 13.0 Å². The van der Waals surface area contributed by atoms with E-state index in [4.69, 9.17) is 9.15 Å². The van der Waals surface area contributed by atoms with Gasteiger partial charge in [-0.2, -0.15) is 0 Å². The molecule has 0 aliphatic carbocycles. The summed E-state index contributed by atoms with van der Waals surface area (Å²) in [4.78, 5) is 0. The molecule has 0 bridgehead atoms. The lowest BCUT2D eigenvalue weighted by molar-refractivity contribution is 0.415. The molecule has 4 nitrogen and oxygen atoms in total. The van der Waals surface area contributed by atoms with Gasteiger partial charge in [-0.05, 0) is 23.8 Å². The van der Waals surface area contributed by atoms with Gasteiger partial charge in [0.25, 0.3) is 0 Å². The Labute approximate surface area is 93.6 Å². The van der Waals surface area contributed by atoms with Crippen molar-refractivity contribution in [3.63, 3.8) is 0 Å². The summed E-state index contributed by atoms with van der Waals surface area (Å²) in [7, 11) is 1.64. The molecule has 0 spiro atoms. The molecule has 0 aliphatic heterocycles. The lowest BCUT2D eigenvalue weighted by Gasteiger charge is -1.98. The molecule has 2 rings (SSSR count). The molecular weight excluding hydrogens is 204 g/mol. The maximum atomic E-state index is 5.22. The number of hydrogen-bond acceptors (Lipinski definition) is 4. The van der Waals surface area contributed by atoms with Crippen molar-refractivity contribution in [1.29, 1.82) is 0 Å². The molecule has 0 fully saturated rings. The molecule has 0 N–H and O–H groups in total. The van der Waals surface area contributed by atoms with E-state index in [1.54, 1.807) is 20.1 Å². The molecule has 0 aliphatic rings. The van der Waals surface area contributed by atoms with Gasteiger partial charge in [-0.1, -0.05) is 12.1 Å². The summed E-state index contributed by atoms with van der Waals surface area (Å²) in [5.41, 5.74) is 1.05. The highest BCUT2D eigenvalue weighted by Gasteiger charge is 1.96. The molecular formula is C12H12N2O2. The molecule has 82 valence electrons. The Bertz CT molecular complexity index is 486. The van der Waals surface area contributed by atoms with Gasteiger partial charge >= 0.3 is 0 Å². The lowest BCUT2D eigenvalue weighted by atomic mass is 10.2. The number of methoxy groups -OCH3 is 1. The van der Waals surface area contributed by atoms with Crippen LogP contribution in [0.2, 0.25) is 0 Å². The number of benzene rings is 1. The van der Waals surface area contributed by atoms with Gasteiger partial charge in [-0.3, -0.25) is 0 Å². The van der Waals surface area contributed by atoms with Crippen molar-refractivity contribution in [2.75, 3.05) is 7.11 Å². The highest BCUT2D eigenvalue weighted by Crippen LogP contribution is 2.13. The van der Waals surface area contributed by atoms with Gasteiger partial charge in [0.1, 0.15) is 5.75 Å². The van der Waals surface area contributed by atoms with Crippen molar-refractivity contribution in [3.8, 4) is 5.75 Å². The fourth-order valence-electron chi connectivity index (χ4n) is 1.26. The summed E-state index contributed by atoms with van der Waals surface area (Å²) in [6, 6.07) is 7.72. The van der Waals surface area contributed by atoms with Gasteiger partial charge in [0.15, 0.2) is 0 Å². The maximum absolute atomic E-state index is 5.22. The fourth-order valence-corrected chi connectivity index (χ4v) is 1.26. The average Bonchev–Trinajstić information content (AvgIpc) is 2.73. The largest absolute Gasteiger partial charge is 0.497 e. The van der Waals surface area contributed by atoms with Crippen LogP contribution in [-0.2, 0) is 0 Å². The van der Waals surface area contributed by atoms with Crippen LogP contribution in [0.4, 0.5) is 0 Å². The van der Waals surface area contributed by atoms with E-state index < -0.39 is 0 Å². The van der Waals surface area contributed by atoms with Crippen LogP contribution in [-0.4, -0.2) is 17.3 Å². The number of ether oxygens (including phenoxy) is 1. The Kier molecular flexibility index (Phi) is 3.00. The predicted molar refractivity (Wildman–Crippen MR) is 61.0 cm³/mol. The molecule has 0 amide bonds. The Hall–Kier alpha value is -2.10. The van der Waals surface area contributed by atoms with Crippen molar-refractivity contribution in [2.24, 2.45) is 0 Å². The lowest BCUT2D eigenvalue weighted by Crippen LogP contribution is -1.81. The number of aromatic nitrogens is 2. The van der Waals surface area contributed by atoms with Crippen LogP contribution in [0.5, 0.6) is 5.75 Å². The van der Waals surface area contributed by atoms with Crippen molar-refractivity contribution >= 4 is 12.2 Å². The maximum Gasteiger partial charge on any atom is 0.240 e. The normalized spacial score (nSPS) is 10.9. The van der Waals surface area contributed by atoms with E-state index in [9.17, 15) is 0 Å². The number of rotatable bonds is 3. The van der Waals surface area contributed by atoms with Crippen LogP contribution in [0.1, 0.15) is 17.3 Å². The highest BCUT2D eigenvalue weighted by atomic mass is 16.5. The van der Waals surface area contributed by atoms with Crippen LogP contribution in [0.3, 0.4) is 0 Å². The molecule has 0 atom stereocenters. The Morgan fingerprint density at radius 3 is 2.44 bits per heavy atom. The summed E-state index contributed by atoms with van der Waals surface area (Å²) in [5, 5.41) is 7.60. The van der Waals surface area contributed by atoms with E-state index in [-0.39, 0.29) is 0 Å². The first-order valence-corrected chi connectivity index (χ1v) is 4.90. The third kappa shape index (κ3) is 2.48. The molecule has 1 aromatic carbocycles. The van der Waals surface area contributed by atoms with Crippen LogP contribution >= 0.6 is 0 Å². The zero-order chi connectivity index (χ0) is 11.4. The monoisotopic (exact) mass is 216 g/mol. The predicted octanol–water partition coefficient (Wildman–Crippen LogP) is 2.56. The van der Waals surface area contributed by atoms with E-state index in [1.807, 2.05) is 30.3 Å². The highest BCUT2D eigenvalue weighted by molar-refractivity contribution is 5.66. The number of hydrogen-bond donors (Lipinski definition) is 0. The van der Waals surface area contributed by atoms with Crippen molar-refractivity contribution in [3.05, 3.63) is 41.6 Å². The molecule has 2 aromatic rings. The van der Waals surface area contributed by atoms with E-state index in [2.05, 4.69) is 10.2 Å². The summed E-state index contributed by atoms with van der Waals surface area (Å²) < 4.78 is 10.3. The van der Waals surface area contributed by atoms with Gasteiger partial charge < -0.3 is 9.15 Å². The molecule has 1 heterocycles. The van der Waals surface area contributed by atoms with Crippen LogP contribution in [0, 0.1) is 6.92 Å². The van der Waals surface area contributed by atoms with Crippen LogP contribution < -0.4 is 4.74 Å². The second-order valence-electron chi connectivity index (χ2n) is 3.27. The Balaban J connectivity index is 2.11. The summed E-state index contributed by atoms with van der Waals surface area (Å²) in [5.74, 6) is 1.91. The molecule has 0 unspecified atom stereocenters. The first kappa shape index (κ1) is 10.4. The second-order valence-corrected chi connectivity index (χ2v) is 3.27. The van der Waals surface area contributed by atoms with Crippen LogP contribution in [0.15, 0.2) is 28.7 Å². The van der Waals surface area contributed by atoms with E-state index in [0.717, 1.165) is 11.3 Å². The van der Waals surface area contributed by atoms with Crippen molar-refractivity contribution in [2.45, 2.75) is 6.92 Å². The molecule has 16 heavy (non-hydrogen) atoms. The Morgan fingerprint density at radius 1 is 1.12 bits per heavy atom. The topological polar surface area (TPSA) is 48.2 Å². The number of aryl methyl sites for hydroxylation is 1. The van der Waals surface area contributed by atoms with E-state index >= 15 is 0 Å². The molecule has 0 saturated carbocycles. The van der Waals surface area contributed by atoms with Gasteiger partial charge in [0.2, 0.25) is 11.8 Å². The zero-order valence-electron chi connectivity index (χ0n) is 9.18. The molecule has 1 aromatic heterocycles. The smallest absolute Gasteiger partial charge is 0.240 e. The quantitative estimate of drug-likeness (QED) is 0.791. The summed E-state index contributed by atoms with van der Waals surface area (Å²) in [6.45, 7) is 1.76. The SMILES string of the molecule is COc1ccc(/C=C/c2nnc(C)o2)cc1. The van der Waals surface area contributed by atoms with Gasteiger partial charge in [0.05, 0.1) is 7.11 Å². The zero-order valence-corrected chi connectivity index (χ0v) is 9.18. The van der Waals surface area contributed by atoms with Gasteiger partial charge in [-0.25, -0.2) is 0 Å². The van der Waals surface area contributed by atoms with E-state index in [1.165, 1.54) is 0 Å². The molecule has 4 heteroatoms. The first-order valence-electron chi connectivity index (χ1n) is 4.90. The standard InChI is InChI=1S/C12H12N2O2/c1-9-13-14-12(16-9)8-5-10-3-6-11(15-2)7-4-10/h3-8H,1-2H3/b8-5+. The first-order chi connectivity index (χ1) is 7.78. The third-order valence-corrected chi connectivity index (χ3v) is 2.08. The third-order valence-electron chi connectivity index (χ3n) is 2.08. The summed E-state index contributed by atoms with van der Waals surface area (Å²) in [6.07, 6.45) is 3.69. The van der Waals surface area contributed by atoms with Crippen molar-refractivity contribution in [1.82, 2.24) is 10.2 Å². The fraction of sp³-hybridized carbons (Fsp3) is 0.167. The minimum absolute atomic E-state index is 0.508.